The number of H-pyrrole nitrogens is 1. The van der Waals surface area contributed by atoms with Crippen molar-refractivity contribution in [2.45, 2.75) is 13.8 Å². The number of hydrogen-bond acceptors (Lipinski definition) is 6. The van der Waals surface area contributed by atoms with Gasteiger partial charge in [-0.15, -0.1) is 0 Å². The predicted molar refractivity (Wildman–Crippen MR) is 116 cm³/mol. The topological polar surface area (TPSA) is 120 Å². The first-order valence-corrected chi connectivity index (χ1v) is 9.13. The number of nitrogens with one attached hydrogen (secondary N) is 4. The van der Waals surface area contributed by atoms with Crippen molar-refractivity contribution in [3.8, 4) is 5.75 Å². The monoisotopic (exact) mass is 406 g/mol. The van der Waals surface area contributed by atoms with Crippen molar-refractivity contribution in [2.75, 3.05) is 23.2 Å². The third-order valence-electron chi connectivity index (χ3n) is 4.11. The molecule has 0 unspecified atom stereocenters. The zero-order valence-electron chi connectivity index (χ0n) is 16.8. The Morgan fingerprint density at radius 1 is 1.10 bits per heavy atom. The zero-order chi connectivity index (χ0) is 21.5. The first-order chi connectivity index (χ1) is 14.5. The van der Waals surface area contributed by atoms with Crippen LogP contribution >= 0.6 is 0 Å². The van der Waals surface area contributed by atoms with Crippen molar-refractivity contribution >= 4 is 35.2 Å². The number of aryl methyl sites for hydroxylation is 1. The lowest BCUT2D eigenvalue weighted by atomic mass is 10.2. The molecule has 1 heterocycles. The molecule has 3 aromatic rings. The number of rotatable bonds is 7. The molecule has 0 saturated heterocycles. The Bertz CT molecular complexity index is 1070. The molecule has 0 saturated carbocycles. The van der Waals surface area contributed by atoms with Crippen molar-refractivity contribution in [3.05, 3.63) is 65.4 Å². The van der Waals surface area contributed by atoms with Crippen LogP contribution in [0.4, 0.5) is 17.2 Å². The Labute approximate surface area is 173 Å². The number of ether oxygens (including phenoxy) is 1. The minimum absolute atomic E-state index is 0.189. The minimum Gasteiger partial charge on any atom is -0.497 e. The molecular formula is C21H22N6O3. The Kier molecular flexibility index (Phi) is 6.43. The van der Waals surface area contributed by atoms with Crippen LogP contribution in [-0.4, -0.2) is 35.3 Å². The number of hydrogen-bond donors (Lipinski definition) is 4. The molecule has 9 heteroatoms. The van der Waals surface area contributed by atoms with E-state index in [0.717, 1.165) is 11.3 Å². The SMILES string of the molecule is COc1ccc(/C=N/Nc2n[nH]c(C)c2C(=O)Nc2cccc(NC(C)=O)c2)cc1. The van der Waals surface area contributed by atoms with Gasteiger partial charge in [-0.05, 0) is 55.0 Å². The van der Waals surface area contributed by atoms with Gasteiger partial charge in [0.05, 0.1) is 13.3 Å². The first kappa shape index (κ1) is 20.6. The highest BCUT2D eigenvalue weighted by atomic mass is 16.5. The van der Waals surface area contributed by atoms with Gasteiger partial charge in [-0.25, -0.2) is 0 Å². The van der Waals surface area contributed by atoms with Crippen LogP contribution in [0.1, 0.15) is 28.5 Å². The molecule has 2 amide bonds. The predicted octanol–water partition coefficient (Wildman–Crippen LogP) is 3.38. The van der Waals surface area contributed by atoms with E-state index in [9.17, 15) is 9.59 Å². The van der Waals surface area contributed by atoms with Crippen molar-refractivity contribution in [3.63, 3.8) is 0 Å². The molecule has 0 atom stereocenters. The van der Waals surface area contributed by atoms with E-state index in [-0.39, 0.29) is 11.8 Å². The highest BCUT2D eigenvalue weighted by Gasteiger charge is 2.18. The average Bonchev–Trinajstić information content (AvgIpc) is 3.08. The van der Waals surface area contributed by atoms with Crippen LogP contribution in [0.15, 0.2) is 53.6 Å². The molecule has 0 bridgehead atoms. The molecule has 4 N–H and O–H groups in total. The normalized spacial score (nSPS) is 10.6. The smallest absolute Gasteiger partial charge is 0.261 e. The van der Waals surface area contributed by atoms with Gasteiger partial charge in [0.1, 0.15) is 11.3 Å². The molecule has 0 radical (unpaired) electrons. The highest BCUT2D eigenvalue weighted by Crippen LogP contribution is 2.20. The summed E-state index contributed by atoms with van der Waals surface area (Å²) in [5, 5.41) is 16.5. The molecule has 0 fully saturated rings. The second-order valence-electron chi connectivity index (χ2n) is 6.43. The fourth-order valence-electron chi connectivity index (χ4n) is 2.72. The number of methoxy groups -OCH3 is 1. The van der Waals surface area contributed by atoms with E-state index in [1.54, 1.807) is 44.5 Å². The van der Waals surface area contributed by atoms with E-state index in [4.69, 9.17) is 4.74 Å². The van der Waals surface area contributed by atoms with Gasteiger partial charge < -0.3 is 15.4 Å². The van der Waals surface area contributed by atoms with Gasteiger partial charge >= 0.3 is 0 Å². The van der Waals surface area contributed by atoms with Gasteiger partial charge in [-0.2, -0.15) is 10.2 Å². The van der Waals surface area contributed by atoms with E-state index in [1.807, 2.05) is 24.3 Å². The lowest BCUT2D eigenvalue weighted by Gasteiger charge is -2.08. The van der Waals surface area contributed by atoms with Crippen LogP contribution in [0.2, 0.25) is 0 Å². The zero-order valence-corrected chi connectivity index (χ0v) is 16.8. The molecule has 9 nitrogen and oxygen atoms in total. The summed E-state index contributed by atoms with van der Waals surface area (Å²) < 4.78 is 5.12. The Morgan fingerprint density at radius 2 is 1.80 bits per heavy atom. The maximum atomic E-state index is 12.8. The summed E-state index contributed by atoms with van der Waals surface area (Å²) in [5.41, 5.74) is 5.71. The van der Waals surface area contributed by atoms with Crippen molar-refractivity contribution in [1.29, 1.82) is 0 Å². The summed E-state index contributed by atoms with van der Waals surface area (Å²) in [4.78, 5) is 24.0. The summed E-state index contributed by atoms with van der Waals surface area (Å²) >= 11 is 0. The van der Waals surface area contributed by atoms with Crippen molar-refractivity contribution < 1.29 is 14.3 Å². The molecule has 154 valence electrons. The molecule has 30 heavy (non-hydrogen) atoms. The fourth-order valence-corrected chi connectivity index (χ4v) is 2.72. The number of carbonyl (C=O) groups excluding carboxylic acids is 2. The van der Waals surface area contributed by atoms with Gasteiger partial charge in [0.25, 0.3) is 5.91 Å². The summed E-state index contributed by atoms with van der Waals surface area (Å²) in [6.07, 6.45) is 1.61. The van der Waals surface area contributed by atoms with E-state index in [0.29, 0.717) is 28.5 Å². The maximum absolute atomic E-state index is 12.8. The minimum atomic E-state index is -0.358. The third-order valence-corrected chi connectivity index (χ3v) is 4.11. The lowest BCUT2D eigenvalue weighted by Crippen LogP contribution is -2.14. The van der Waals surface area contributed by atoms with Crippen LogP contribution < -0.4 is 20.8 Å². The molecule has 3 rings (SSSR count). The van der Waals surface area contributed by atoms with Crippen LogP contribution in [0.3, 0.4) is 0 Å². The number of carbonyl (C=O) groups is 2. The van der Waals surface area contributed by atoms with Gasteiger partial charge in [0, 0.05) is 24.0 Å². The lowest BCUT2D eigenvalue weighted by molar-refractivity contribution is -0.114. The maximum Gasteiger partial charge on any atom is 0.261 e. The number of hydrazone groups is 1. The Morgan fingerprint density at radius 3 is 2.47 bits per heavy atom. The summed E-state index contributed by atoms with van der Waals surface area (Å²) in [5.74, 6) is 0.506. The molecular weight excluding hydrogens is 384 g/mol. The van der Waals surface area contributed by atoms with E-state index in [2.05, 4.69) is 31.4 Å². The van der Waals surface area contributed by atoms with Crippen molar-refractivity contribution in [2.24, 2.45) is 5.10 Å². The van der Waals surface area contributed by atoms with Gasteiger partial charge in [0.2, 0.25) is 5.91 Å². The largest absolute Gasteiger partial charge is 0.497 e. The van der Waals surface area contributed by atoms with Crippen molar-refractivity contribution in [1.82, 2.24) is 10.2 Å². The van der Waals surface area contributed by atoms with E-state index < -0.39 is 0 Å². The summed E-state index contributed by atoms with van der Waals surface area (Å²) in [6.45, 7) is 3.17. The number of benzene rings is 2. The summed E-state index contributed by atoms with van der Waals surface area (Å²) in [7, 11) is 1.60. The number of aromatic amines is 1. The molecule has 0 aliphatic rings. The standard InChI is InChI=1S/C21H22N6O3/c1-13-19(21(29)24-17-6-4-5-16(11-17)23-14(2)28)20(27-25-13)26-22-12-15-7-9-18(30-3)10-8-15/h4-12H,1-3H3,(H,23,28)(H,24,29)(H2,25,26,27)/b22-12+. The Balaban J connectivity index is 1.70. The molecule has 2 aromatic carbocycles. The molecule has 0 spiro atoms. The highest BCUT2D eigenvalue weighted by molar-refractivity contribution is 6.08. The van der Waals surface area contributed by atoms with Crippen LogP contribution in [0.5, 0.6) is 5.75 Å². The van der Waals surface area contributed by atoms with E-state index >= 15 is 0 Å². The second-order valence-corrected chi connectivity index (χ2v) is 6.43. The quantitative estimate of drug-likeness (QED) is 0.354. The Hall–Kier alpha value is -4.14. The van der Waals surface area contributed by atoms with Gasteiger partial charge in [-0.1, -0.05) is 6.07 Å². The van der Waals surface area contributed by atoms with Crippen LogP contribution in [0.25, 0.3) is 0 Å². The van der Waals surface area contributed by atoms with Crippen LogP contribution in [-0.2, 0) is 4.79 Å². The van der Waals surface area contributed by atoms with Gasteiger partial charge in [-0.3, -0.25) is 20.1 Å². The third kappa shape index (κ3) is 5.22. The summed E-state index contributed by atoms with van der Waals surface area (Å²) in [6, 6.07) is 14.2. The fraction of sp³-hybridized carbons (Fsp3) is 0.143. The van der Waals surface area contributed by atoms with E-state index in [1.165, 1.54) is 6.92 Å². The number of aromatic nitrogens is 2. The average molecular weight is 406 g/mol. The number of amides is 2. The molecule has 0 aliphatic heterocycles. The molecule has 1 aromatic heterocycles. The van der Waals surface area contributed by atoms with Gasteiger partial charge in [0.15, 0.2) is 5.82 Å². The number of anilines is 3. The molecule has 0 aliphatic carbocycles. The number of nitrogens with zero attached hydrogens (tertiary/aromatic N) is 2. The first-order valence-electron chi connectivity index (χ1n) is 9.13. The second kappa shape index (κ2) is 9.37. The van der Waals surface area contributed by atoms with Crippen LogP contribution in [0, 0.1) is 6.92 Å².